The molecule has 9 heteroatoms. The Kier molecular flexibility index (Phi) is 7.18. The third-order valence-electron chi connectivity index (χ3n) is 3.87. The normalized spacial score (nSPS) is 14.7. The summed E-state index contributed by atoms with van der Waals surface area (Å²) in [5, 5.41) is 39.9. The molecule has 0 aliphatic heterocycles. The van der Waals surface area contributed by atoms with E-state index in [4.69, 9.17) is 0 Å². The second-order valence-corrected chi connectivity index (χ2v) is 5.42. The van der Waals surface area contributed by atoms with Crippen molar-refractivity contribution in [1.29, 1.82) is 0 Å². The van der Waals surface area contributed by atoms with Gasteiger partial charge in [-0.3, -0.25) is 9.59 Å². The average molecular weight is 382 g/mol. The molecule has 0 spiro atoms. The molecule has 2 rings (SSSR count). The van der Waals surface area contributed by atoms with Crippen LogP contribution in [0.1, 0.15) is 22.1 Å². The summed E-state index contributed by atoms with van der Waals surface area (Å²) in [5.41, 5.74) is -8.68. The first-order chi connectivity index (χ1) is 12.2. The van der Waals surface area contributed by atoms with Crippen molar-refractivity contribution in [2.45, 2.75) is 11.2 Å². The van der Waals surface area contributed by atoms with Gasteiger partial charge in [0.1, 0.15) is 0 Å². The van der Waals surface area contributed by atoms with Gasteiger partial charge in [0.05, 0.1) is 0 Å². The molecule has 4 N–H and O–H groups in total. The largest absolute Gasteiger partial charge is 1.00 e. The zero-order valence-electron chi connectivity index (χ0n) is 15.2. The molecule has 0 amide bonds. The SMILES string of the molecule is O=C(O)C(O)(C(=O)c1ccccc1)C(O)(C(=O)O)C(=O)c1ccccc1.[H-].[Na+]. The van der Waals surface area contributed by atoms with Crippen LogP contribution in [0.4, 0.5) is 0 Å². The van der Waals surface area contributed by atoms with Gasteiger partial charge in [-0.2, -0.15) is 0 Å². The first-order valence-electron chi connectivity index (χ1n) is 7.28. The minimum Gasteiger partial charge on any atom is -1.00 e. The van der Waals surface area contributed by atoms with Crippen molar-refractivity contribution in [3.8, 4) is 0 Å². The number of benzene rings is 2. The van der Waals surface area contributed by atoms with Gasteiger partial charge in [-0.15, -0.1) is 0 Å². The third kappa shape index (κ3) is 3.71. The van der Waals surface area contributed by atoms with Gasteiger partial charge < -0.3 is 21.9 Å². The van der Waals surface area contributed by atoms with Crippen molar-refractivity contribution >= 4 is 23.5 Å². The molecule has 0 heterocycles. The summed E-state index contributed by atoms with van der Waals surface area (Å²) < 4.78 is 0. The number of carboxylic acids is 2. The topological polar surface area (TPSA) is 149 Å². The molecule has 0 saturated carbocycles. The maximum atomic E-state index is 12.6. The molecule has 0 aliphatic rings. The molecule has 0 aromatic heterocycles. The second kappa shape index (κ2) is 8.55. The molecular formula is C18H15NaO8. The van der Waals surface area contributed by atoms with Gasteiger partial charge in [-0.05, 0) is 0 Å². The number of carboxylic acid groups (broad SMARTS) is 2. The summed E-state index contributed by atoms with van der Waals surface area (Å²) in [6.45, 7) is 0. The van der Waals surface area contributed by atoms with Gasteiger partial charge in [-0.25, -0.2) is 9.59 Å². The van der Waals surface area contributed by atoms with Crippen LogP contribution in [0.3, 0.4) is 0 Å². The number of carbonyl (C=O) groups excluding carboxylic acids is 2. The van der Waals surface area contributed by atoms with Crippen LogP contribution in [0.5, 0.6) is 0 Å². The fourth-order valence-electron chi connectivity index (χ4n) is 2.43. The van der Waals surface area contributed by atoms with E-state index in [1.165, 1.54) is 36.4 Å². The van der Waals surface area contributed by atoms with Crippen LogP contribution in [-0.4, -0.2) is 55.1 Å². The van der Waals surface area contributed by atoms with Gasteiger partial charge >= 0.3 is 41.5 Å². The summed E-state index contributed by atoms with van der Waals surface area (Å²) in [6, 6.07) is 12.8. The number of hydrogen-bond donors (Lipinski definition) is 4. The Bertz CT molecular complexity index is 800. The van der Waals surface area contributed by atoms with Crippen molar-refractivity contribution in [3.05, 3.63) is 71.8 Å². The Morgan fingerprint density at radius 2 is 0.889 bits per heavy atom. The number of rotatable bonds is 7. The van der Waals surface area contributed by atoms with Crippen molar-refractivity contribution < 1.29 is 70.6 Å². The molecule has 0 fully saturated rings. The Morgan fingerprint density at radius 1 is 0.630 bits per heavy atom. The third-order valence-corrected chi connectivity index (χ3v) is 3.87. The Hall–Kier alpha value is -2.36. The predicted molar refractivity (Wildman–Crippen MR) is 87.8 cm³/mol. The van der Waals surface area contributed by atoms with Crippen LogP contribution in [0, 0.1) is 0 Å². The first-order valence-corrected chi connectivity index (χ1v) is 7.28. The van der Waals surface area contributed by atoms with E-state index in [1.807, 2.05) is 0 Å². The van der Waals surface area contributed by atoms with Crippen molar-refractivity contribution in [1.82, 2.24) is 0 Å². The van der Waals surface area contributed by atoms with E-state index in [2.05, 4.69) is 0 Å². The molecule has 2 unspecified atom stereocenters. The number of Topliss-reactive ketones (excluding diaryl/α,β-unsaturated/α-hetero) is 2. The van der Waals surface area contributed by atoms with E-state index in [-0.39, 0.29) is 31.0 Å². The molecule has 0 radical (unpaired) electrons. The maximum absolute atomic E-state index is 12.6. The fourth-order valence-corrected chi connectivity index (χ4v) is 2.43. The molecule has 2 aromatic rings. The molecule has 2 atom stereocenters. The number of aliphatic hydroxyl groups is 2. The quantitative estimate of drug-likeness (QED) is 0.233. The number of carbonyl (C=O) groups is 4. The van der Waals surface area contributed by atoms with Crippen LogP contribution < -0.4 is 29.6 Å². The zero-order chi connectivity index (χ0) is 19.5. The van der Waals surface area contributed by atoms with Crippen molar-refractivity contribution in [2.24, 2.45) is 0 Å². The van der Waals surface area contributed by atoms with E-state index in [0.717, 1.165) is 24.3 Å². The minimum absolute atomic E-state index is 0. The summed E-state index contributed by atoms with van der Waals surface area (Å²) in [4.78, 5) is 48.5. The Balaban J connectivity index is 0.00000364. The van der Waals surface area contributed by atoms with Crippen LogP contribution >= 0.6 is 0 Å². The molecule has 0 saturated heterocycles. The Labute approximate surface area is 176 Å². The monoisotopic (exact) mass is 382 g/mol. The van der Waals surface area contributed by atoms with Gasteiger partial charge in [0.2, 0.25) is 11.6 Å². The minimum atomic E-state index is -3.95. The predicted octanol–water partition coefficient (Wildman–Crippen LogP) is -2.50. The van der Waals surface area contributed by atoms with E-state index in [1.54, 1.807) is 0 Å². The molecule has 0 bridgehead atoms. The van der Waals surface area contributed by atoms with Crippen molar-refractivity contribution in [2.75, 3.05) is 0 Å². The molecule has 0 aliphatic carbocycles. The van der Waals surface area contributed by atoms with Crippen LogP contribution in [-0.2, 0) is 9.59 Å². The Morgan fingerprint density at radius 3 is 1.11 bits per heavy atom. The number of aliphatic carboxylic acids is 2. The van der Waals surface area contributed by atoms with Crippen LogP contribution in [0.25, 0.3) is 0 Å². The van der Waals surface area contributed by atoms with Gasteiger partial charge in [-0.1, -0.05) is 60.7 Å². The smallest absolute Gasteiger partial charge is 1.00 e. The standard InChI is InChI=1S/C18H14O8.Na.H/c19-13(11-7-3-1-4-8-11)17(25,15(21)22)18(26,16(23)24)14(20)12-9-5-2-6-10-12;;/h1-10,25-26H,(H,21,22)(H,23,24);;/q;+1;-1. The van der Waals surface area contributed by atoms with E-state index >= 15 is 0 Å². The van der Waals surface area contributed by atoms with Crippen LogP contribution in [0.2, 0.25) is 0 Å². The number of ketones is 2. The first kappa shape index (κ1) is 22.7. The molecule has 27 heavy (non-hydrogen) atoms. The summed E-state index contributed by atoms with van der Waals surface area (Å²) in [5.74, 6) is -8.03. The van der Waals surface area contributed by atoms with Gasteiger partial charge in [0, 0.05) is 11.1 Å². The molecule has 136 valence electrons. The fraction of sp³-hybridized carbons (Fsp3) is 0.111. The average Bonchev–Trinajstić information content (AvgIpc) is 2.66. The van der Waals surface area contributed by atoms with E-state index in [9.17, 15) is 39.6 Å². The summed E-state index contributed by atoms with van der Waals surface area (Å²) in [6.07, 6.45) is 0. The maximum Gasteiger partial charge on any atom is 1.00 e. The summed E-state index contributed by atoms with van der Waals surface area (Å²) in [7, 11) is 0. The van der Waals surface area contributed by atoms with Crippen LogP contribution in [0.15, 0.2) is 60.7 Å². The van der Waals surface area contributed by atoms with Gasteiger partial charge in [0.25, 0.3) is 11.2 Å². The number of hydrogen-bond acceptors (Lipinski definition) is 6. The summed E-state index contributed by atoms with van der Waals surface area (Å²) >= 11 is 0. The molecule has 2 aromatic carbocycles. The van der Waals surface area contributed by atoms with E-state index in [0.29, 0.717) is 0 Å². The van der Waals surface area contributed by atoms with Crippen molar-refractivity contribution in [3.63, 3.8) is 0 Å². The molecular weight excluding hydrogens is 367 g/mol. The van der Waals surface area contributed by atoms with Gasteiger partial charge in [0.15, 0.2) is 0 Å². The second-order valence-electron chi connectivity index (χ2n) is 5.42. The zero-order valence-corrected chi connectivity index (χ0v) is 16.2. The molecule has 8 nitrogen and oxygen atoms in total. The van der Waals surface area contributed by atoms with E-state index < -0.39 is 45.8 Å².